The number of ether oxygens (including phenoxy) is 2. The first-order chi connectivity index (χ1) is 16.1. The highest BCUT2D eigenvalue weighted by Crippen LogP contribution is 2.36. The Morgan fingerprint density at radius 1 is 0.970 bits per heavy atom. The predicted molar refractivity (Wildman–Crippen MR) is 133 cm³/mol. The maximum absolute atomic E-state index is 14.2. The predicted octanol–water partition coefficient (Wildman–Crippen LogP) is 7.78. The maximum Gasteiger partial charge on any atom is 0.162 e. The van der Waals surface area contributed by atoms with Crippen molar-refractivity contribution in [2.24, 2.45) is 0 Å². The van der Waals surface area contributed by atoms with Crippen molar-refractivity contribution in [2.45, 2.75) is 13.5 Å². The fourth-order valence-electron chi connectivity index (χ4n) is 3.62. The van der Waals surface area contributed by atoms with Gasteiger partial charge in [0.05, 0.1) is 18.2 Å². The van der Waals surface area contributed by atoms with Gasteiger partial charge in [0, 0.05) is 10.0 Å². The van der Waals surface area contributed by atoms with Crippen LogP contribution < -0.4 is 9.47 Å². The number of rotatable bonds is 7. The Hall–Kier alpha value is -3.62. The molecule has 0 saturated carbocycles. The lowest BCUT2D eigenvalue weighted by atomic mass is 10.0. The Bertz CT molecular complexity index is 1370. The second kappa shape index (κ2) is 10.3. The van der Waals surface area contributed by atoms with E-state index in [4.69, 9.17) is 9.47 Å². The molecule has 4 aromatic carbocycles. The number of hydrogen-bond acceptors (Lipinski definition) is 3. The zero-order chi connectivity index (χ0) is 23.2. The highest BCUT2D eigenvalue weighted by atomic mass is 79.9. The Labute approximate surface area is 200 Å². The first kappa shape index (κ1) is 22.6. The second-order valence-corrected chi connectivity index (χ2v) is 8.18. The zero-order valence-electron chi connectivity index (χ0n) is 18.0. The van der Waals surface area contributed by atoms with E-state index in [1.165, 1.54) is 6.07 Å². The van der Waals surface area contributed by atoms with E-state index >= 15 is 0 Å². The summed E-state index contributed by atoms with van der Waals surface area (Å²) in [7, 11) is 0. The Kier molecular flexibility index (Phi) is 7.07. The van der Waals surface area contributed by atoms with Crippen LogP contribution in [0.4, 0.5) is 4.39 Å². The summed E-state index contributed by atoms with van der Waals surface area (Å²) in [6.45, 7) is 2.72. The summed E-state index contributed by atoms with van der Waals surface area (Å²) in [4.78, 5) is 0. The van der Waals surface area contributed by atoms with Crippen LogP contribution in [0.15, 0.2) is 83.3 Å². The van der Waals surface area contributed by atoms with E-state index in [1.807, 2.05) is 37.3 Å². The summed E-state index contributed by atoms with van der Waals surface area (Å²) in [6, 6.07) is 26.2. The minimum Gasteiger partial charge on any atom is -0.490 e. The molecule has 0 aliphatic rings. The summed E-state index contributed by atoms with van der Waals surface area (Å²) in [5.74, 6) is 0.692. The number of halogens is 2. The van der Waals surface area contributed by atoms with Crippen LogP contribution in [0.3, 0.4) is 0 Å². The molecule has 0 amide bonds. The average molecular weight is 502 g/mol. The van der Waals surface area contributed by atoms with Gasteiger partial charge in [-0.05, 0) is 53.1 Å². The molecule has 164 valence electrons. The molecule has 0 N–H and O–H groups in total. The van der Waals surface area contributed by atoms with Crippen LogP contribution in [-0.4, -0.2) is 6.61 Å². The lowest BCUT2D eigenvalue weighted by Crippen LogP contribution is -2.01. The van der Waals surface area contributed by atoms with Crippen LogP contribution in [0.1, 0.15) is 23.6 Å². The molecule has 0 fully saturated rings. The van der Waals surface area contributed by atoms with Gasteiger partial charge in [0.25, 0.3) is 0 Å². The molecule has 5 heteroatoms. The van der Waals surface area contributed by atoms with Crippen molar-refractivity contribution < 1.29 is 13.9 Å². The van der Waals surface area contributed by atoms with E-state index in [1.54, 1.807) is 30.3 Å². The SMILES string of the molecule is CCOc1cc(/C=C(/C#N)c2ccccc2F)c(Br)cc1OCc1cccc2ccccc12. The van der Waals surface area contributed by atoms with Crippen LogP contribution in [0.5, 0.6) is 11.5 Å². The third-order valence-electron chi connectivity index (χ3n) is 5.21. The lowest BCUT2D eigenvalue weighted by molar-refractivity contribution is 0.270. The van der Waals surface area contributed by atoms with E-state index in [-0.39, 0.29) is 11.1 Å². The van der Waals surface area contributed by atoms with Crippen LogP contribution in [0.2, 0.25) is 0 Å². The van der Waals surface area contributed by atoms with Crippen molar-refractivity contribution in [3.05, 3.63) is 106 Å². The molecule has 4 rings (SSSR count). The van der Waals surface area contributed by atoms with Gasteiger partial charge in [-0.2, -0.15) is 5.26 Å². The fraction of sp³-hybridized carbons (Fsp3) is 0.107. The molecule has 0 aliphatic heterocycles. The molecule has 3 nitrogen and oxygen atoms in total. The van der Waals surface area contributed by atoms with Crippen molar-refractivity contribution in [3.63, 3.8) is 0 Å². The van der Waals surface area contributed by atoms with E-state index < -0.39 is 5.82 Å². The van der Waals surface area contributed by atoms with Crippen LogP contribution in [0, 0.1) is 17.1 Å². The van der Waals surface area contributed by atoms with Gasteiger partial charge >= 0.3 is 0 Å². The molecule has 0 atom stereocenters. The lowest BCUT2D eigenvalue weighted by Gasteiger charge is -2.15. The molecule has 0 heterocycles. The quantitative estimate of drug-likeness (QED) is 0.191. The molecule has 33 heavy (non-hydrogen) atoms. The van der Waals surface area contributed by atoms with Gasteiger partial charge in [-0.3, -0.25) is 0 Å². The van der Waals surface area contributed by atoms with Crippen molar-refractivity contribution in [1.29, 1.82) is 5.26 Å². The molecule has 0 aliphatic carbocycles. The summed E-state index contributed by atoms with van der Waals surface area (Å²) in [5, 5.41) is 11.9. The molecule has 0 radical (unpaired) electrons. The fourth-order valence-corrected chi connectivity index (χ4v) is 4.06. The van der Waals surface area contributed by atoms with Gasteiger partial charge in [-0.1, -0.05) is 76.6 Å². The van der Waals surface area contributed by atoms with Crippen LogP contribution in [-0.2, 0) is 6.61 Å². The molecular weight excluding hydrogens is 481 g/mol. The normalized spacial score (nSPS) is 11.3. The van der Waals surface area contributed by atoms with E-state index in [2.05, 4.69) is 40.2 Å². The second-order valence-electron chi connectivity index (χ2n) is 7.33. The standard InChI is InChI=1S/C28H21BrFNO2/c1-2-32-27-15-21(14-22(17-31)24-12-5-6-13-26(24)30)25(29)16-28(27)33-18-20-10-7-9-19-8-3-4-11-23(19)20/h3-16H,2,18H2,1H3/b22-14-. The number of fused-ring (bicyclic) bond motifs is 1. The number of nitriles is 1. The van der Waals surface area contributed by atoms with E-state index in [0.717, 1.165) is 16.3 Å². The van der Waals surface area contributed by atoms with E-state index in [9.17, 15) is 9.65 Å². The van der Waals surface area contributed by atoms with Gasteiger partial charge in [0.15, 0.2) is 11.5 Å². The molecule has 4 aromatic rings. The highest BCUT2D eigenvalue weighted by Gasteiger charge is 2.13. The summed E-state index contributed by atoms with van der Waals surface area (Å²) < 4.78 is 26.9. The molecule has 0 bridgehead atoms. The number of hydrogen-bond donors (Lipinski definition) is 0. The topological polar surface area (TPSA) is 42.2 Å². The molecule has 0 saturated heterocycles. The zero-order valence-corrected chi connectivity index (χ0v) is 19.6. The first-order valence-corrected chi connectivity index (χ1v) is 11.3. The third kappa shape index (κ3) is 5.08. The minimum atomic E-state index is -0.443. The Balaban J connectivity index is 1.67. The van der Waals surface area contributed by atoms with Gasteiger partial charge in [0.2, 0.25) is 0 Å². The van der Waals surface area contributed by atoms with Crippen molar-refractivity contribution in [3.8, 4) is 17.6 Å². The maximum atomic E-state index is 14.2. The summed E-state index contributed by atoms with van der Waals surface area (Å²) in [6.07, 6.45) is 1.64. The smallest absolute Gasteiger partial charge is 0.162 e. The summed E-state index contributed by atoms with van der Waals surface area (Å²) in [5.41, 5.74) is 2.24. The van der Waals surface area contributed by atoms with Crippen LogP contribution in [0.25, 0.3) is 22.4 Å². The Morgan fingerprint density at radius 2 is 1.70 bits per heavy atom. The molecule has 0 unspecified atom stereocenters. The van der Waals surface area contributed by atoms with Crippen molar-refractivity contribution in [2.75, 3.05) is 6.61 Å². The van der Waals surface area contributed by atoms with Gasteiger partial charge in [-0.25, -0.2) is 4.39 Å². The highest BCUT2D eigenvalue weighted by molar-refractivity contribution is 9.10. The largest absolute Gasteiger partial charge is 0.490 e. The van der Waals surface area contributed by atoms with Crippen LogP contribution >= 0.6 is 15.9 Å². The first-order valence-electron chi connectivity index (χ1n) is 10.5. The van der Waals surface area contributed by atoms with Crippen molar-refractivity contribution in [1.82, 2.24) is 0 Å². The van der Waals surface area contributed by atoms with Gasteiger partial charge in [-0.15, -0.1) is 0 Å². The minimum absolute atomic E-state index is 0.223. The number of nitrogens with zero attached hydrogens (tertiary/aromatic N) is 1. The van der Waals surface area contributed by atoms with Gasteiger partial charge < -0.3 is 9.47 Å². The third-order valence-corrected chi connectivity index (χ3v) is 5.90. The van der Waals surface area contributed by atoms with Crippen molar-refractivity contribution >= 4 is 38.4 Å². The molecular formula is C28H21BrFNO2. The number of benzene rings is 4. The monoisotopic (exact) mass is 501 g/mol. The number of allylic oxidation sites excluding steroid dienone is 1. The molecule has 0 spiro atoms. The van der Waals surface area contributed by atoms with Gasteiger partial charge in [0.1, 0.15) is 12.4 Å². The average Bonchev–Trinajstić information content (AvgIpc) is 2.84. The Morgan fingerprint density at radius 3 is 2.48 bits per heavy atom. The summed E-state index contributed by atoms with van der Waals surface area (Å²) >= 11 is 3.56. The van der Waals surface area contributed by atoms with E-state index in [0.29, 0.717) is 34.7 Å². The molecule has 0 aromatic heterocycles.